The summed E-state index contributed by atoms with van der Waals surface area (Å²) in [5.74, 6) is 0.173. The minimum atomic E-state index is -1.02. The molecular weight excluding hydrogens is 527 g/mol. The van der Waals surface area contributed by atoms with Crippen LogP contribution in [0.15, 0.2) is 40.9 Å². The summed E-state index contributed by atoms with van der Waals surface area (Å²) in [4.78, 5) is 27.3. The van der Waals surface area contributed by atoms with Crippen LogP contribution < -0.4 is 4.90 Å². The molecule has 2 bridgehead atoms. The zero-order chi connectivity index (χ0) is 26.1. The highest BCUT2D eigenvalue weighted by Gasteiger charge is 2.53. The number of rotatable bonds is 8. The number of piperidine rings is 1. The van der Waals surface area contributed by atoms with E-state index in [1.54, 1.807) is 29.2 Å². The summed E-state index contributed by atoms with van der Waals surface area (Å²) in [6.45, 7) is 0.241. The van der Waals surface area contributed by atoms with Crippen LogP contribution in [-0.4, -0.2) is 34.3 Å². The fourth-order valence-electron chi connectivity index (χ4n) is 6.14. The van der Waals surface area contributed by atoms with Crippen LogP contribution in [-0.2, 0) is 16.1 Å². The number of nitrogens with zero attached hydrogens (tertiary/aromatic N) is 2. The molecule has 7 nitrogen and oxygen atoms in total. The first-order valence-corrected chi connectivity index (χ1v) is 13.9. The number of hydrogen-bond donors (Lipinski definition) is 1. The third-order valence-electron chi connectivity index (χ3n) is 8.37. The van der Waals surface area contributed by atoms with Gasteiger partial charge in [-0.1, -0.05) is 40.5 Å². The third-order valence-corrected chi connectivity index (χ3v) is 9.00. The summed E-state index contributed by atoms with van der Waals surface area (Å²) in [5.41, 5.74) is 3.84. The second-order valence-electron chi connectivity index (χ2n) is 10.9. The van der Waals surface area contributed by atoms with E-state index in [1.165, 1.54) is 0 Å². The van der Waals surface area contributed by atoms with E-state index in [0.29, 0.717) is 51.7 Å². The fourth-order valence-corrected chi connectivity index (χ4v) is 6.72. The normalized spacial score (nSPS) is 24.4. The maximum absolute atomic E-state index is 13.6. The molecule has 0 spiro atoms. The van der Waals surface area contributed by atoms with Crippen molar-refractivity contribution in [2.75, 3.05) is 4.90 Å². The summed E-state index contributed by atoms with van der Waals surface area (Å²) >= 11 is 13.0. The highest BCUT2D eigenvalue weighted by atomic mass is 35.5. The molecule has 1 aliphatic heterocycles. The Labute approximate surface area is 229 Å². The van der Waals surface area contributed by atoms with E-state index in [4.69, 9.17) is 32.5 Å². The molecule has 3 saturated carbocycles. The Balaban J connectivity index is 1.13. The van der Waals surface area contributed by atoms with E-state index in [-0.39, 0.29) is 36.1 Å². The maximum Gasteiger partial charge on any atom is 0.337 e. The molecule has 0 radical (unpaired) electrons. The van der Waals surface area contributed by atoms with Gasteiger partial charge < -0.3 is 19.3 Å². The first-order valence-electron chi connectivity index (χ1n) is 13.2. The number of fused-ring (bicyclic) bond motifs is 2. The lowest BCUT2D eigenvalue weighted by Gasteiger charge is -2.32. The SMILES string of the molecule is O=C(O)c1ccc(C2CC2)cc1N1C(=O)[C@@H]2C[C@H]1C[C@H]2OCc1c(-c2c(Cl)cccc2Cl)noc1C1CC1. The summed E-state index contributed by atoms with van der Waals surface area (Å²) in [6.07, 6.45) is 5.31. The van der Waals surface area contributed by atoms with Gasteiger partial charge in [-0.25, -0.2) is 4.79 Å². The van der Waals surface area contributed by atoms with Crippen LogP contribution in [0.3, 0.4) is 0 Å². The van der Waals surface area contributed by atoms with Gasteiger partial charge in [-0.3, -0.25) is 4.79 Å². The van der Waals surface area contributed by atoms with Gasteiger partial charge in [0, 0.05) is 23.1 Å². The van der Waals surface area contributed by atoms with Crippen molar-refractivity contribution in [3.05, 3.63) is 68.9 Å². The average molecular weight is 553 g/mol. The number of carbonyl (C=O) groups excluding carboxylic acids is 1. The Morgan fingerprint density at radius 1 is 1.08 bits per heavy atom. The number of carboxylic acids is 1. The Kier molecular flexibility index (Phi) is 5.80. The summed E-state index contributed by atoms with van der Waals surface area (Å²) in [5, 5.41) is 15.1. The van der Waals surface area contributed by atoms with Gasteiger partial charge in [0.25, 0.3) is 0 Å². The molecule has 1 aromatic heterocycles. The fraction of sp³-hybridized carbons (Fsp3) is 0.414. The van der Waals surface area contributed by atoms with Crippen LogP contribution in [0.5, 0.6) is 0 Å². The van der Waals surface area contributed by atoms with Gasteiger partial charge >= 0.3 is 5.97 Å². The predicted molar refractivity (Wildman–Crippen MR) is 142 cm³/mol. The largest absolute Gasteiger partial charge is 0.478 e. The Morgan fingerprint density at radius 3 is 2.47 bits per heavy atom. The summed E-state index contributed by atoms with van der Waals surface area (Å²) < 4.78 is 12.1. The number of anilines is 1. The minimum absolute atomic E-state index is 0.0659. The topological polar surface area (TPSA) is 92.9 Å². The number of ether oxygens (including phenoxy) is 1. The van der Waals surface area contributed by atoms with Crippen molar-refractivity contribution >= 4 is 40.8 Å². The zero-order valence-corrected chi connectivity index (χ0v) is 22.0. The number of halogens is 2. The van der Waals surface area contributed by atoms with Crippen molar-refractivity contribution in [3.8, 4) is 11.3 Å². The first-order chi connectivity index (χ1) is 18.4. The van der Waals surface area contributed by atoms with E-state index in [1.807, 2.05) is 12.1 Å². The van der Waals surface area contributed by atoms with Gasteiger partial charge in [-0.05, 0) is 74.3 Å². The standard InChI is InChI=1S/C29H26Cl2N2O5/c30-21-2-1-3-22(31)25(21)26-20(27(38-32-26)15-6-7-15)13-37-24-12-17-11-19(24)28(34)33(17)23-10-16(14-4-5-14)8-9-18(23)29(35)36/h1-3,8-10,14-15,17,19,24H,4-7,11-13H2,(H,35,36)/t17-,19+,24+/m0/s1. The molecule has 3 aromatic rings. The van der Waals surface area contributed by atoms with E-state index in [2.05, 4.69) is 5.16 Å². The molecule has 3 atom stereocenters. The van der Waals surface area contributed by atoms with Gasteiger partial charge in [-0.15, -0.1) is 0 Å². The van der Waals surface area contributed by atoms with E-state index < -0.39 is 5.97 Å². The molecule has 2 heterocycles. The molecule has 3 aliphatic carbocycles. The molecular formula is C29H26Cl2N2O5. The van der Waals surface area contributed by atoms with Crippen LogP contribution >= 0.6 is 23.2 Å². The third kappa shape index (κ3) is 4.03. The highest BCUT2D eigenvalue weighted by molar-refractivity contribution is 6.39. The van der Waals surface area contributed by atoms with Gasteiger partial charge in [0.05, 0.1) is 39.9 Å². The van der Waals surface area contributed by atoms with Crippen molar-refractivity contribution in [2.45, 2.75) is 69.1 Å². The number of carboxylic acid groups (broad SMARTS) is 1. The lowest BCUT2D eigenvalue weighted by Crippen LogP contribution is -2.43. The molecule has 1 amide bonds. The molecule has 9 heteroatoms. The molecule has 4 fully saturated rings. The molecule has 38 heavy (non-hydrogen) atoms. The molecule has 1 saturated heterocycles. The lowest BCUT2D eigenvalue weighted by molar-refractivity contribution is -0.126. The van der Waals surface area contributed by atoms with E-state index in [9.17, 15) is 14.7 Å². The number of benzene rings is 2. The molecule has 7 rings (SSSR count). The molecule has 196 valence electrons. The van der Waals surface area contributed by atoms with Crippen molar-refractivity contribution in [2.24, 2.45) is 5.92 Å². The van der Waals surface area contributed by atoms with Gasteiger partial charge in [0.2, 0.25) is 5.91 Å². The smallest absolute Gasteiger partial charge is 0.337 e. The number of carbonyl (C=O) groups is 2. The minimum Gasteiger partial charge on any atom is -0.478 e. The first kappa shape index (κ1) is 24.2. The zero-order valence-electron chi connectivity index (χ0n) is 20.5. The van der Waals surface area contributed by atoms with Gasteiger partial charge in [-0.2, -0.15) is 0 Å². The van der Waals surface area contributed by atoms with Crippen LogP contribution in [0.25, 0.3) is 11.3 Å². The quantitative estimate of drug-likeness (QED) is 0.329. The van der Waals surface area contributed by atoms with E-state index >= 15 is 0 Å². The second kappa shape index (κ2) is 9.11. The molecule has 2 aromatic carbocycles. The highest BCUT2D eigenvalue weighted by Crippen LogP contribution is 2.49. The Morgan fingerprint density at radius 2 is 1.82 bits per heavy atom. The van der Waals surface area contributed by atoms with Gasteiger partial charge in [0.1, 0.15) is 11.5 Å². The Hall–Kier alpha value is -2.87. The number of amides is 1. The number of hydrogen-bond acceptors (Lipinski definition) is 5. The predicted octanol–water partition coefficient (Wildman–Crippen LogP) is 6.81. The van der Waals surface area contributed by atoms with Crippen LogP contribution in [0, 0.1) is 5.92 Å². The van der Waals surface area contributed by atoms with Crippen molar-refractivity contribution in [1.29, 1.82) is 0 Å². The van der Waals surface area contributed by atoms with Crippen molar-refractivity contribution < 1.29 is 24.0 Å². The lowest BCUT2D eigenvalue weighted by atomic mass is 10.0. The van der Waals surface area contributed by atoms with Crippen LogP contribution in [0.4, 0.5) is 5.69 Å². The van der Waals surface area contributed by atoms with Crippen molar-refractivity contribution in [1.82, 2.24) is 5.16 Å². The molecule has 1 N–H and O–H groups in total. The van der Waals surface area contributed by atoms with Crippen molar-refractivity contribution in [3.63, 3.8) is 0 Å². The number of aromatic nitrogens is 1. The number of aromatic carboxylic acids is 1. The maximum atomic E-state index is 13.6. The molecule has 0 unspecified atom stereocenters. The monoisotopic (exact) mass is 552 g/mol. The average Bonchev–Trinajstić information content (AvgIpc) is 3.82. The van der Waals surface area contributed by atoms with E-state index in [0.717, 1.165) is 42.6 Å². The van der Waals surface area contributed by atoms with Crippen LogP contribution in [0.1, 0.15) is 77.6 Å². The molecule has 4 aliphatic rings. The summed E-state index contributed by atoms with van der Waals surface area (Å²) in [7, 11) is 0. The van der Waals surface area contributed by atoms with Crippen LogP contribution in [0.2, 0.25) is 10.0 Å². The van der Waals surface area contributed by atoms with Gasteiger partial charge in [0.15, 0.2) is 0 Å². The summed E-state index contributed by atoms with van der Waals surface area (Å²) in [6, 6.07) is 10.7. The second-order valence-corrected chi connectivity index (χ2v) is 11.7. The Bertz CT molecular complexity index is 1440.